The van der Waals surface area contributed by atoms with Gasteiger partial charge in [0.1, 0.15) is 0 Å². The number of nitrogens with one attached hydrogen (secondary N) is 2. The summed E-state index contributed by atoms with van der Waals surface area (Å²) in [6, 6.07) is 6.87. The van der Waals surface area contributed by atoms with E-state index in [-0.39, 0.29) is 12.0 Å². The maximum Gasteiger partial charge on any atom is 0.251 e. The van der Waals surface area contributed by atoms with Crippen molar-refractivity contribution in [3.63, 3.8) is 0 Å². The molecule has 2 aliphatic rings. The zero-order chi connectivity index (χ0) is 21.2. The van der Waals surface area contributed by atoms with Crippen molar-refractivity contribution in [3.05, 3.63) is 34.9 Å². The standard InChI is InChI=1S/C22H33ClN4O3/c1-24-22(26-12-11-25-21(28)17-5-7-18(23)8-6-17)27-13-9-19(10-14-27)30-16-20-4-2-3-15-29-20/h5-8,19-20H,2-4,9-16H2,1H3,(H,24,26)(H,25,28). The molecule has 0 saturated carbocycles. The predicted molar refractivity (Wildman–Crippen MR) is 119 cm³/mol. The Hall–Kier alpha value is -1.83. The Morgan fingerprint density at radius 3 is 2.57 bits per heavy atom. The van der Waals surface area contributed by atoms with E-state index in [1.807, 2.05) is 0 Å². The number of carbonyl (C=O) groups excluding carboxylic acids is 1. The van der Waals surface area contributed by atoms with Gasteiger partial charge in [0, 0.05) is 50.4 Å². The third-order valence-electron chi connectivity index (χ3n) is 5.55. The van der Waals surface area contributed by atoms with Crippen LogP contribution >= 0.6 is 11.6 Å². The number of aliphatic imine (C=N–C) groups is 1. The van der Waals surface area contributed by atoms with E-state index in [0.717, 1.165) is 44.9 Å². The minimum atomic E-state index is -0.108. The Labute approximate surface area is 184 Å². The summed E-state index contributed by atoms with van der Waals surface area (Å²) in [4.78, 5) is 18.8. The van der Waals surface area contributed by atoms with Gasteiger partial charge in [-0.25, -0.2) is 0 Å². The van der Waals surface area contributed by atoms with Crippen LogP contribution in [0.3, 0.4) is 0 Å². The summed E-state index contributed by atoms with van der Waals surface area (Å²) in [6.45, 7) is 4.53. The van der Waals surface area contributed by atoms with Crippen molar-refractivity contribution in [2.75, 3.05) is 46.4 Å². The summed E-state index contributed by atoms with van der Waals surface area (Å²) in [5, 5.41) is 6.86. The first-order valence-electron chi connectivity index (χ1n) is 10.9. The highest BCUT2D eigenvalue weighted by Crippen LogP contribution is 2.18. The smallest absolute Gasteiger partial charge is 0.251 e. The monoisotopic (exact) mass is 436 g/mol. The van der Waals surface area contributed by atoms with Crippen molar-refractivity contribution < 1.29 is 14.3 Å². The molecule has 0 radical (unpaired) electrons. The lowest BCUT2D eigenvalue weighted by Crippen LogP contribution is -2.48. The van der Waals surface area contributed by atoms with Crippen molar-refractivity contribution in [1.82, 2.24) is 15.5 Å². The average Bonchev–Trinajstić information content (AvgIpc) is 2.79. The predicted octanol–water partition coefficient (Wildman–Crippen LogP) is 2.70. The van der Waals surface area contributed by atoms with E-state index in [0.29, 0.717) is 36.4 Å². The van der Waals surface area contributed by atoms with Gasteiger partial charge in [-0.2, -0.15) is 0 Å². The fourth-order valence-corrected chi connectivity index (χ4v) is 3.93. The molecule has 1 aromatic rings. The Morgan fingerprint density at radius 2 is 1.90 bits per heavy atom. The van der Waals surface area contributed by atoms with Gasteiger partial charge in [-0.15, -0.1) is 0 Å². The van der Waals surface area contributed by atoms with Crippen molar-refractivity contribution in [2.24, 2.45) is 4.99 Å². The maximum atomic E-state index is 12.1. The summed E-state index contributed by atoms with van der Waals surface area (Å²) in [7, 11) is 1.79. The molecule has 1 amide bonds. The molecule has 0 aliphatic carbocycles. The van der Waals surface area contributed by atoms with Crippen LogP contribution in [0.25, 0.3) is 0 Å². The lowest BCUT2D eigenvalue weighted by molar-refractivity contribution is -0.0721. The highest BCUT2D eigenvalue weighted by Gasteiger charge is 2.23. The summed E-state index contributed by atoms with van der Waals surface area (Å²) in [6.07, 6.45) is 6.07. The summed E-state index contributed by atoms with van der Waals surface area (Å²) in [5.74, 6) is 0.758. The van der Waals surface area contributed by atoms with Gasteiger partial charge in [0.15, 0.2) is 5.96 Å². The number of benzene rings is 1. The van der Waals surface area contributed by atoms with Gasteiger partial charge in [0.2, 0.25) is 0 Å². The van der Waals surface area contributed by atoms with E-state index in [9.17, 15) is 4.79 Å². The minimum Gasteiger partial charge on any atom is -0.376 e. The van der Waals surface area contributed by atoms with Crippen LogP contribution in [0.5, 0.6) is 0 Å². The Bertz CT molecular complexity index is 684. The fourth-order valence-electron chi connectivity index (χ4n) is 3.80. The molecule has 2 fully saturated rings. The minimum absolute atomic E-state index is 0.108. The SMILES string of the molecule is CN=C(NCCNC(=O)c1ccc(Cl)cc1)N1CCC(OCC2CCCCO2)CC1. The van der Waals surface area contributed by atoms with Crippen molar-refractivity contribution in [3.8, 4) is 0 Å². The molecule has 30 heavy (non-hydrogen) atoms. The Morgan fingerprint density at radius 1 is 1.17 bits per heavy atom. The molecule has 166 valence electrons. The summed E-state index contributed by atoms with van der Waals surface area (Å²) < 4.78 is 11.8. The number of rotatable bonds is 7. The van der Waals surface area contributed by atoms with E-state index in [4.69, 9.17) is 21.1 Å². The molecule has 2 heterocycles. The van der Waals surface area contributed by atoms with Gasteiger partial charge in [0.05, 0.1) is 18.8 Å². The normalized spacial score (nSPS) is 20.8. The lowest BCUT2D eigenvalue weighted by Gasteiger charge is -2.35. The first kappa shape index (κ1) is 22.8. The zero-order valence-corrected chi connectivity index (χ0v) is 18.5. The summed E-state index contributed by atoms with van der Waals surface area (Å²) >= 11 is 5.86. The van der Waals surface area contributed by atoms with Crippen LogP contribution in [-0.4, -0.2) is 75.4 Å². The summed E-state index contributed by atoms with van der Waals surface area (Å²) in [5.41, 5.74) is 0.601. The van der Waals surface area contributed by atoms with Crippen LogP contribution in [0.1, 0.15) is 42.5 Å². The molecule has 2 N–H and O–H groups in total. The van der Waals surface area contributed by atoms with Gasteiger partial charge >= 0.3 is 0 Å². The number of hydrogen-bond acceptors (Lipinski definition) is 4. The highest BCUT2D eigenvalue weighted by molar-refractivity contribution is 6.30. The topological polar surface area (TPSA) is 75.2 Å². The number of hydrogen-bond donors (Lipinski definition) is 2. The second-order valence-corrected chi connectivity index (χ2v) is 8.18. The van der Waals surface area contributed by atoms with Crippen LogP contribution in [0.15, 0.2) is 29.3 Å². The van der Waals surface area contributed by atoms with E-state index in [1.165, 1.54) is 12.8 Å². The van der Waals surface area contributed by atoms with E-state index >= 15 is 0 Å². The van der Waals surface area contributed by atoms with Crippen molar-refractivity contribution >= 4 is 23.5 Å². The molecule has 2 aliphatic heterocycles. The fraction of sp³-hybridized carbons (Fsp3) is 0.636. The molecular formula is C22H33ClN4O3. The first-order chi connectivity index (χ1) is 14.7. The number of likely N-dealkylation sites (tertiary alicyclic amines) is 1. The van der Waals surface area contributed by atoms with Gasteiger partial charge in [-0.1, -0.05) is 11.6 Å². The molecule has 2 saturated heterocycles. The highest BCUT2D eigenvalue weighted by atomic mass is 35.5. The van der Waals surface area contributed by atoms with E-state index < -0.39 is 0 Å². The van der Waals surface area contributed by atoms with Crippen molar-refractivity contribution in [1.29, 1.82) is 0 Å². The second kappa shape index (κ2) is 12.1. The van der Waals surface area contributed by atoms with Crippen LogP contribution < -0.4 is 10.6 Å². The van der Waals surface area contributed by atoms with Crippen LogP contribution in [0.2, 0.25) is 5.02 Å². The van der Waals surface area contributed by atoms with E-state index in [2.05, 4.69) is 20.5 Å². The first-order valence-corrected chi connectivity index (χ1v) is 11.3. The molecule has 0 aromatic heterocycles. The third-order valence-corrected chi connectivity index (χ3v) is 5.80. The third kappa shape index (κ3) is 7.15. The van der Waals surface area contributed by atoms with E-state index in [1.54, 1.807) is 31.3 Å². The molecule has 1 atom stereocenters. The quantitative estimate of drug-likeness (QED) is 0.390. The number of halogens is 1. The Kier molecular flexibility index (Phi) is 9.24. The molecule has 8 heteroatoms. The molecule has 0 spiro atoms. The van der Waals surface area contributed by atoms with Crippen LogP contribution in [-0.2, 0) is 9.47 Å². The van der Waals surface area contributed by atoms with Crippen LogP contribution in [0.4, 0.5) is 0 Å². The number of amides is 1. The van der Waals surface area contributed by atoms with Gasteiger partial charge in [-0.3, -0.25) is 9.79 Å². The molecule has 3 rings (SSSR count). The second-order valence-electron chi connectivity index (χ2n) is 7.75. The number of piperidine rings is 1. The van der Waals surface area contributed by atoms with Gasteiger partial charge in [0.25, 0.3) is 5.91 Å². The van der Waals surface area contributed by atoms with Crippen molar-refractivity contribution in [2.45, 2.75) is 44.3 Å². The average molecular weight is 437 g/mol. The van der Waals surface area contributed by atoms with Crippen LogP contribution in [0, 0.1) is 0 Å². The number of ether oxygens (including phenoxy) is 2. The van der Waals surface area contributed by atoms with Gasteiger partial charge in [-0.05, 0) is 56.4 Å². The number of nitrogens with zero attached hydrogens (tertiary/aromatic N) is 2. The number of carbonyl (C=O) groups is 1. The molecule has 7 nitrogen and oxygen atoms in total. The Balaban J connectivity index is 1.31. The largest absolute Gasteiger partial charge is 0.376 e. The molecule has 1 unspecified atom stereocenters. The number of guanidine groups is 1. The zero-order valence-electron chi connectivity index (χ0n) is 17.7. The molecule has 1 aromatic carbocycles. The van der Waals surface area contributed by atoms with Gasteiger partial charge < -0.3 is 25.0 Å². The lowest BCUT2D eigenvalue weighted by atomic mass is 10.1. The molecule has 0 bridgehead atoms. The molecular weight excluding hydrogens is 404 g/mol. The maximum absolute atomic E-state index is 12.1.